The van der Waals surface area contributed by atoms with Crippen LogP contribution in [0.5, 0.6) is 0 Å². The maximum absolute atomic E-state index is 11.6. The van der Waals surface area contributed by atoms with Crippen LogP contribution in [0.2, 0.25) is 0 Å². The Morgan fingerprint density at radius 2 is 2.53 bits per heavy atom. The van der Waals surface area contributed by atoms with Gasteiger partial charge in [-0.3, -0.25) is 0 Å². The van der Waals surface area contributed by atoms with Crippen molar-refractivity contribution in [3.63, 3.8) is 0 Å². The van der Waals surface area contributed by atoms with Crippen molar-refractivity contribution in [2.45, 2.75) is 38.5 Å². The van der Waals surface area contributed by atoms with Crippen molar-refractivity contribution < 1.29 is 13.9 Å². The molecule has 1 aliphatic heterocycles. The first kappa shape index (κ1) is 12.0. The number of rotatable bonds is 4. The second kappa shape index (κ2) is 5.72. The average Bonchev–Trinajstić information content (AvgIpc) is 2.99. The van der Waals surface area contributed by atoms with Gasteiger partial charge >= 0.3 is 6.03 Å². The zero-order valence-electron chi connectivity index (χ0n) is 9.94. The summed E-state index contributed by atoms with van der Waals surface area (Å²) in [5, 5.41) is 5.61. The normalized spacial score (nSPS) is 21.1. The van der Waals surface area contributed by atoms with Crippen molar-refractivity contribution in [3.05, 3.63) is 24.2 Å². The summed E-state index contributed by atoms with van der Waals surface area (Å²) in [6.45, 7) is 3.16. The van der Waals surface area contributed by atoms with Crippen molar-refractivity contribution >= 4 is 6.03 Å². The fourth-order valence-corrected chi connectivity index (χ4v) is 1.93. The van der Waals surface area contributed by atoms with Gasteiger partial charge in [0.05, 0.1) is 25.0 Å². The molecule has 0 aliphatic carbocycles. The lowest BCUT2D eigenvalue weighted by atomic mass is 10.1. The van der Waals surface area contributed by atoms with Gasteiger partial charge in [0.15, 0.2) is 0 Å². The van der Waals surface area contributed by atoms with E-state index in [9.17, 15) is 4.79 Å². The van der Waals surface area contributed by atoms with Gasteiger partial charge in [0.2, 0.25) is 0 Å². The highest BCUT2D eigenvalue weighted by Crippen LogP contribution is 2.15. The van der Waals surface area contributed by atoms with Crippen molar-refractivity contribution in [2.75, 3.05) is 6.61 Å². The first-order valence-electron chi connectivity index (χ1n) is 5.94. The number of hydrogen-bond donors (Lipinski definition) is 2. The second-order valence-corrected chi connectivity index (χ2v) is 4.25. The predicted molar refractivity (Wildman–Crippen MR) is 62.5 cm³/mol. The minimum atomic E-state index is -0.190. The third-order valence-electron chi connectivity index (χ3n) is 2.88. The molecule has 5 nitrogen and oxygen atoms in total. The molecule has 1 aromatic rings. The van der Waals surface area contributed by atoms with Crippen LogP contribution in [-0.4, -0.2) is 24.8 Å². The Morgan fingerprint density at radius 1 is 1.65 bits per heavy atom. The van der Waals surface area contributed by atoms with Crippen molar-refractivity contribution in [3.8, 4) is 0 Å². The largest absolute Gasteiger partial charge is 0.467 e. The molecular weight excluding hydrogens is 220 g/mol. The Labute approximate surface area is 101 Å². The Kier molecular flexibility index (Phi) is 4.03. The molecule has 0 aromatic carbocycles. The van der Waals surface area contributed by atoms with Crippen LogP contribution in [0.1, 0.15) is 25.5 Å². The van der Waals surface area contributed by atoms with Crippen LogP contribution >= 0.6 is 0 Å². The van der Waals surface area contributed by atoms with Gasteiger partial charge in [0.25, 0.3) is 0 Å². The lowest BCUT2D eigenvalue weighted by Crippen LogP contribution is -2.45. The number of nitrogens with one attached hydrogen (secondary N) is 2. The summed E-state index contributed by atoms with van der Waals surface area (Å²) in [5.74, 6) is 0.741. The third kappa shape index (κ3) is 3.49. The summed E-state index contributed by atoms with van der Waals surface area (Å²) in [4.78, 5) is 11.6. The smallest absolute Gasteiger partial charge is 0.315 e. The summed E-state index contributed by atoms with van der Waals surface area (Å²) in [6.07, 6.45) is 3.82. The van der Waals surface area contributed by atoms with Crippen LogP contribution in [0.3, 0.4) is 0 Å². The lowest BCUT2D eigenvalue weighted by molar-refractivity contribution is 0.0860. The number of hydrogen-bond acceptors (Lipinski definition) is 3. The molecule has 2 N–H and O–H groups in total. The van der Waals surface area contributed by atoms with Gasteiger partial charge in [-0.15, -0.1) is 0 Å². The third-order valence-corrected chi connectivity index (χ3v) is 2.88. The lowest BCUT2D eigenvalue weighted by Gasteiger charge is -2.19. The predicted octanol–water partition coefficient (Wildman–Crippen LogP) is 1.65. The van der Waals surface area contributed by atoms with Crippen LogP contribution in [0, 0.1) is 0 Å². The van der Waals surface area contributed by atoms with Gasteiger partial charge in [0, 0.05) is 6.61 Å². The van der Waals surface area contributed by atoms with E-state index in [4.69, 9.17) is 9.15 Å². The van der Waals surface area contributed by atoms with E-state index in [1.165, 1.54) is 0 Å². The molecule has 0 radical (unpaired) electrons. The molecule has 94 valence electrons. The molecule has 0 saturated carbocycles. The van der Waals surface area contributed by atoms with E-state index in [0.29, 0.717) is 6.54 Å². The number of carbonyl (C=O) groups is 1. The number of amides is 2. The SMILES string of the molecule is CC(NC(=O)NCc1ccco1)C1CCCO1. The van der Waals surface area contributed by atoms with Gasteiger partial charge in [-0.05, 0) is 31.9 Å². The minimum absolute atomic E-state index is 0.0362. The van der Waals surface area contributed by atoms with Crippen LogP contribution < -0.4 is 10.6 Å². The van der Waals surface area contributed by atoms with E-state index >= 15 is 0 Å². The van der Waals surface area contributed by atoms with E-state index in [1.807, 2.05) is 13.0 Å². The van der Waals surface area contributed by atoms with Gasteiger partial charge < -0.3 is 19.8 Å². The number of furan rings is 1. The van der Waals surface area contributed by atoms with Crippen LogP contribution in [-0.2, 0) is 11.3 Å². The minimum Gasteiger partial charge on any atom is -0.467 e. The van der Waals surface area contributed by atoms with Crippen LogP contribution in [0.25, 0.3) is 0 Å². The van der Waals surface area contributed by atoms with Crippen molar-refractivity contribution in [2.24, 2.45) is 0 Å². The molecule has 2 rings (SSSR count). The monoisotopic (exact) mass is 238 g/mol. The topological polar surface area (TPSA) is 63.5 Å². The second-order valence-electron chi connectivity index (χ2n) is 4.25. The molecule has 2 unspecified atom stereocenters. The molecule has 5 heteroatoms. The molecular formula is C12H18N2O3. The Balaban J connectivity index is 1.69. The van der Waals surface area contributed by atoms with E-state index in [2.05, 4.69) is 10.6 Å². The molecule has 2 atom stereocenters. The molecule has 2 amide bonds. The molecule has 0 bridgehead atoms. The van der Waals surface area contributed by atoms with Crippen LogP contribution in [0.4, 0.5) is 4.79 Å². The first-order chi connectivity index (χ1) is 8.25. The fraction of sp³-hybridized carbons (Fsp3) is 0.583. The van der Waals surface area contributed by atoms with E-state index < -0.39 is 0 Å². The zero-order valence-corrected chi connectivity index (χ0v) is 9.94. The average molecular weight is 238 g/mol. The van der Waals surface area contributed by atoms with Gasteiger partial charge in [0.1, 0.15) is 5.76 Å². The molecule has 1 aliphatic rings. The Bertz CT molecular complexity index is 345. The standard InChI is InChI=1S/C12H18N2O3/c1-9(11-5-3-7-17-11)14-12(15)13-8-10-4-2-6-16-10/h2,4,6,9,11H,3,5,7-8H2,1H3,(H2,13,14,15). The summed E-state index contributed by atoms with van der Waals surface area (Å²) in [6, 6.07) is 3.46. The molecule has 1 aromatic heterocycles. The number of carbonyl (C=O) groups excluding carboxylic acids is 1. The molecule has 17 heavy (non-hydrogen) atoms. The van der Waals surface area contributed by atoms with E-state index in [1.54, 1.807) is 12.3 Å². The summed E-state index contributed by atoms with van der Waals surface area (Å²) in [7, 11) is 0. The van der Waals surface area contributed by atoms with Crippen LogP contribution in [0.15, 0.2) is 22.8 Å². The highest BCUT2D eigenvalue weighted by atomic mass is 16.5. The highest BCUT2D eigenvalue weighted by Gasteiger charge is 2.23. The van der Waals surface area contributed by atoms with Gasteiger partial charge in [-0.2, -0.15) is 0 Å². The number of ether oxygens (including phenoxy) is 1. The molecule has 0 spiro atoms. The maximum Gasteiger partial charge on any atom is 0.315 e. The Hall–Kier alpha value is -1.49. The molecule has 2 heterocycles. The summed E-state index contributed by atoms with van der Waals surface area (Å²) >= 11 is 0. The Morgan fingerprint density at radius 3 is 3.18 bits per heavy atom. The maximum atomic E-state index is 11.6. The van der Waals surface area contributed by atoms with Gasteiger partial charge in [-0.1, -0.05) is 0 Å². The summed E-state index contributed by atoms with van der Waals surface area (Å²) in [5.41, 5.74) is 0. The fourth-order valence-electron chi connectivity index (χ4n) is 1.93. The molecule has 1 fully saturated rings. The van der Waals surface area contributed by atoms with Gasteiger partial charge in [-0.25, -0.2) is 4.79 Å². The van der Waals surface area contributed by atoms with E-state index in [0.717, 1.165) is 25.2 Å². The van der Waals surface area contributed by atoms with E-state index in [-0.39, 0.29) is 18.2 Å². The quantitative estimate of drug-likeness (QED) is 0.838. The van der Waals surface area contributed by atoms with Crippen molar-refractivity contribution in [1.29, 1.82) is 0 Å². The zero-order chi connectivity index (χ0) is 12.1. The highest BCUT2D eigenvalue weighted by molar-refractivity contribution is 5.74. The summed E-state index contributed by atoms with van der Waals surface area (Å²) < 4.78 is 10.6. The number of urea groups is 1. The first-order valence-corrected chi connectivity index (χ1v) is 5.94. The van der Waals surface area contributed by atoms with Crippen molar-refractivity contribution in [1.82, 2.24) is 10.6 Å². The molecule has 1 saturated heterocycles.